The SMILES string of the molecule is Fc1ccccc1CNCCCSc1nnnn1-c1ccccc1.[Cl-]. The summed E-state index contributed by atoms with van der Waals surface area (Å²) in [5.41, 5.74) is 1.64. The molecule has 0 fully saturated rings. The van der Waals surface area contributed by atoms with Crippen LogP contribution >= 0.6 is 11.8 Å². The summed E-state index contributed by atoms with van der Waals surface area (Å²) in [5.74, 6) is 0.721. The summed E-state index contributed by atoms with van der Waals surface area (Å²) >= 11 is 1.61. The van der Waals surface area contributed by atoms with E-state index in [0.717, 1.165) is 29.6 Å². The van der Waals surface area contributed by atoms with Crippen molar-refractivity contribution in [3.05, 3.63) is 66.0 Å². The van der Waals surface area contributed by atoms with Crippen molar-refractivity contribution in [2.45, 2.75) is 18.1 Å². The van der Waals surface area contributed by atoms with Crippen molar-refractivity contribution in [1.82, 2.24) is 25.5 Å². The molecule has 0 atom stereocenters. The summed E-state index contributed by atoms with van der Waals surface area (Å²) in [6.07, 6.45) is 0.945. The van der Waals surface area contributed by atoms with E-state index < -0.39 is 0 Å². The second-order valence-corrected chi connectivity index (χ2v) is 6.24. The van der Waals surface area contributed by atoms with Gasteiger partial charge >= 0.3 is 0 Å². The number of para-hydroxylation sites is 1. The van der Waals surface area contributed by atoms with Gasteiger partial charge in [-0.3, -0.25) is 0 Å². The van der Waals surface area contributed by atoms with Crippen molar-refractivity contribution in [2.24, 2.45) is 0 Å². The maximum atomic E-state index is 13.5. The molecule has 1 heterocycles. The second kappa shape index (κ2) is 10.1. The molecule has 132 valence electrons. The Morgan fingerprint density at radius 2 is 1.80 bits per heavy atom. The molecule has 0 radical (unpaired) electrons. The van der Waals surface area contributed by atoms with Crippen LogP contribution < -0.4 is 17.7 Å². The van der Waals surface area contributed by atoms with Crippen molar-refractivity contribution < 1.29 is 16.8 Å². The quantitative estimate of drug-likeness (QED) is 0.444. The Balaban J connectivity index is 0.00000225. The lowest BCUT2D eigenvalue weighted by molar-refractivity contribution is -0.00000554. The van der Waals surface area contributed by atoms with Crippen LogP contribution in [0.1, 0.15) is 12.0 Å². The molecule has 0 unspecified atom stereocenters. The first-order valence-corrected chi connectivity index (χ1v) is 8.74. The zero-order valence-electron chi connectivity index (χ0n) is 13.5. The average Bonchev–Trinajstić information content (AvgIpc) is 3.09. The number of rotatable bonds is 8. The second-order valence-electron chi connectivity index (χ2n) is 5.18. The third kappa shape index (κ3) is 5.52. The molecule has 8 heteroatoms. The fraction of sp³-hybridized carbons (Fsp3) is 0.235. The Morgan fingerprint density at radius 1 is 1.04 bits per heavy atom. The summed E-state index contributed by atoms with van der Waals surface area (Å²) in [5, 5.41) is 15.9. The Hall–Kier alpha value is -1.96. The molecule has 0 spiro atoms. The van der Waals surface area contributed by atoms with Crippen LogP contribution in [0.2, 0.25) is 0 Å². The highest BCUT2D eigenvalue weighted by Crippen LogP contribution is 2.18. The third-order valence-electron chi connectivity index (χ3n) is 3.44. The van der Waals surface area contributed by atoms with Crippen LogP contribution in [0, 0.1) is 5.82 Å². The van der Waals surface area contributed by atoms with Crippen LogP contribution in [0.4, 0.5) is 4.39 Å². The summed E-state index contributed by atoms with van der Waals surface area (Å²) in [7, 11) is 0. The van der Waals surface area contributed by atoms with E-state index in [1.54, 1.807) is 28.6 Å². The molecule has 0 aliphatic carbocycles. The molecule has 0 amide bonds. The van der Waals surface area contributed by atoms with Crippen LogP contribution in [0.15, 0.2) is 59.8 Å². The molecular formula is C17H18ClFN5S-. The number of nitrogens with zero attached hydrogens (tertiary/aromatic N) is 4. The van der Waals surface area contributed by atoms with Gasteiger partial charge < -0.3 is 17.7 Å². The highest BCUT2D eigenvalue weighted by Gasteiger charge is 2.08. The number of hydrogen-bond acceptors (Lipinski definition) is 5. The summed E-state index contributed by atoms with van der Waals surface area (Å²) in [6, 6.07) is 16.6. The topological polar surface area (TPSA) is 55.6 Å². The van der Waals surface area contributed by atoms with Crippen molar-refractivity contribution >= 4 is 11.8 Å². The molecule has 0 aliphatic rings. The van der Waals surface area contributed by atoms with E-state index in [1.165, 1.54) is 6.07 Å². The van der Waals surface area contributed by atoms with E-state index in [-0.39, 0.29) is 18.2 Å². The molecule has 2 aromatic carbocycles. The third-order valence-corrected chi connectivity index (χ3v) is 4.45. The predicted molar refractivity (Wildman–Crippen MR) is 92.6 cm³/mol. The van der Waals surface area contributed by atoms with Gasteiger partial charge in [0.1, 0.15) is 5.82 Å². The minimum absolute atomic E-state index is 0. The molecule has 25 heavy (non-hydrogen) atoms. The van der Waals surface area contributed by atoms with Crippen LogP contribution in [0.3, 0.4) is 0 Å². The van der Waals surface area contributed by atoms with Gasteiger partial charge in [-0.1, -0.05) is 48.2 Å². The molecule has 3 rings (SSSR count). The number of hydrogen-bond donors (Lipinski definition) is 1. The van der Waals surface area contributed by atoms with Crippen molar-refractivity contribution in [3.8, 4) is 5.69 Å². The predicted octanol–water partition coefficient (Wildman–Crippen LogP) is 0.0774. The molecule has 0 bridgehead atoms. The van der Waals surface area contributed by atoms with E-state index in [4.69, 9.17) is 0 Å². The van der Waals surface area contributed by atoms with Crippen molar-refractivity contribution in [3.63, 3.8) is 0 Å². The fourth-order valence-corrected chi connectivity index (χ4v) is 3.06. The minimum atomic E-state index is -0.165. The molecule has 0 saturated heterocycles. The first-order valence-electron chi connectivity index (χ1n) is 7.75. The van der Waals surface area contributed by atoms with Gasteiger partial charge in [0.05, 0.1) is 5.69 Å². The van der Waals surface area contributed by atoms with E-state index in [0.29, 0.717) is 12.1 Å². The average molecular weight is 379 g/mol. The molecular weight excluding hydrogens is 361 g/mol. The van der Waals surface area contributed by atoms with Crippen LogP contribution in [0.25, 0.3) is 5.69 Å². The maximum Gasteiger partial charge on any atom is 0.214 e. The van der Waals surface area contributed by atoms with Crippen LogP contribution in [-0.2, 0) is 6.54 Å². The number of benzene rings is 2. The Bertz CT molecular complexity index is 768. The van der Waals surface area contributed by atoms with E-state index in [9.17, 15) is 4.39 Å². The van der Waals surface area contributed by atoms with Gasteiger partial charge in [-0.05, 0) is 41.6 Å². The molecule has 3 aromatic rings. The number of nitrogens with one attached hydrogen (secondary N) is 1. The van der Waals surface area contributed by atoms with Crippen LogP contribution in [-0.4, -0.2) is 32.5 Å². The highest BCUT2D eigenvalue weighted by atomic mass is 35.5. The lowest BCUT2D eigenvalue weighted by Gasteiger charge is -2.06. The lowest BCUT2D eigenvalue weighted by atomic mass is 10.2. The van der Waals surface area contributed by atoms with Crippen molar-refractivity contribution in [1.29, 1.82) is 0 Å². The number of tetrazole rings is 1. The number of thioether (sulfide) groups is 1. The van der Waals surface area contributed by atoms with Gasteiger partial charge in [-0.25, -0.2) is 4.39 Å². The minimum Gasteiger partial charge on any atom is -1.00 e. The maximum absolute atomic E-state index is 13.5. The Morgan fingerprint density at radius 3 is 2.60 bits per heavy atom. The molecule has 1 aromatic heterocycles. The molecule has 0 saturated carbocycles. The molecule has 0 aliphatic heterocycles. The monoisotopic (exact) mass is 378 g/mol. The largest absolute Gasteiger partial charge is 1.00 e. The van der Waals surface area contributed by atoms with E-state index in [1.807, 2.05) is 36.4 Å². The smallest absolute Gasteiger partial charge is 0.214 e. The lowest BCUT2D eigenvalue weighted by Crippen LogP contribution is -3.00. The number of aromatic nitrogens is 4. The molecule has 5 nitrogen and oxygen atoms in total. The van der Waals surface area contributed by atoms with Gasteiger partial charge in [-0.2, -0.15) is 4.68 Å². The summed E-state index contributed by atoms with van der Waals surface area (Å²) in [4.78, 5) is 0. The first-order chi connectivity index (χ1) is 11.8. The van der Waals surface area contributed by atoms with Gasteiger partial charge in [0.2, 0.25) is 5.16 Å². The normalized spacial score (nSPS) is 10.4. The zero-order chi connectivity index (χ0) is 16.6. The highest BCUT2D eigenvalue weighted by molar-refractivity contribution is 7.99. The summed E-state index contributed by atoms with van der Waals surface area (Å²) in [6.45, 7) is 1.35. The summed E-state index contributed by atoms with van der Waals surface area (Å²) < 4.78 is 15.2. The van der Waals surface area contributed by atoms with Crippen molar-refractivity contribution in [2.75, 3.05) is 12.3 Å². The number of halogens is 2. The van der Waals surface area contributed by atoms with Gasteiger partial charge in [0, 0.05) is 17.9 Å². The van der Waals surface area contributed by atoms with E-state index >= 15 is 0 Å². The van der Waals surface area contributed by atoms with Crippen LogP contribution in [0.5, 0.6) is 0 Å². The first kappa shape index (κ1) is 19.4. The standard InChI is InChI=1S/C17H18FN5S.ClH/c18-16-10-5-4-7-14(16)13-19-11-6-12-24-17-20-21-22-23(17)15-8-2-1-3-9-15;/h1-5,7-10,19H,6,11-13H2;1H/p-1. The zero-order valence-corrected chi connectivity index (χ0v) is 15.1. The Kier molecular flexibility index (Phi) is 7.84. The fourth-order valence-electron chi connectivity index (χ4n) is 2.23. The van der Waals surface area contributed by atoms with Gasteiger partial charge in [0.15, 0.2) is 0 Å². The Labute approximate surface area is 156 Å². The van der Waals surface area contributed by atoms with Gasteiger partial charge in [0.25, 0.3) is 0 Å². The van der Waals surface area contributed by atoms with E-state index in [2.05, 4.69) is 20.8 Å². The van der Waals surface area contributed by atoms with Gasteiger partial charge in [-0.15, -0.1) is 5.10 Å². The molecule has 1 N–H and O–H groups in total.